The molecule has 3 amide bonds. The third kappa shape index (κ3) is 2.63. The molecule has 1 aromatic rings. The van der Waals surface area contributed by atoms with E-state index in [4.69, 9.17) is 0 Å². The first kappa shape index (κ1) is 20.2. The van der Waals surface area contributed by atoms with E-state index < -0.39 is 29.4 Å². The van der Waals surface area contributed by atoms with Gasteiger partial charge >= 0.3 is 5.97 Å². The Labute approximate surface area is 180 Å². The third-order valence-corrected chi connectivity index (χ3v) is 7.81. The van der Waals surface area contributed by atoms with Gasteiger partial charge in [-0.1, -0.05) is 25.0 Å². The molecule has 1 spiro atoms. The van der Waals surface area contributed by atoms with Gasteiger partial charge in [0.25, 0.3) is 0 Å². The van der Waals surface area contributed by atoms with Crippen molar-refractivity contribution in [1.29, 1.82) is 0 Å². The SMILES string of the molecule is Cc1ccc2c(c1C)NC(=O)[C@@]21N[C@@H](CCC(=O)O)[C@H]2C(=O)N(C3CCCC3)C(=O)[C@@H]21. The monoisotopic (exact) mass is 425 g/mol. The van der Waals surface area contributed by atoms with Crippen molar-refractivity contribution >= 4 is 29.4 Å². The van der Waals surface area contributed by atoms with E-state index in [2.05, 4.69) is 10.6 Å². The molecule has 3 N–H and O–H groups in total. The summed E-state index contributed by atoms with van der Waals surface area (Å²) >= 11 is 0. The standard InChI is InChI=1S/C23H27N3O5/c1-11-7-8-14-19(12(11)2)24-22(31)23(14)18-17(15(25-23)9-10-16(27)28)20(29)26(21(18)30)13-5-3-4-6-13/h7-8,13,15,17-18,25H,3-6,9-10H2,1-2H3,(H,24,31)(H,27,28)/t15-,17+,18+,23+/m0/s1. The normalized spacial score (nSPS) is 32.1. The van der Waals surface area contributed by atoms with Gasteiger partial charge in [-0.3, -0.25) is 29.4 Å². The van der Waals surface area contributed by atoms with E-state index in [1.54, 1.807) is 0 Å². The van der Waals surface area contributed by atoms with Gasteiger partial charge in [-0.05, 0) is 44.2 Å². The minimum Gasteiger partial charge on any atom is -0.481 e. The lowest BCUT2D eigenvalue weighted by molar-refractivity contribution is -0.145. The number of carboxylic acids is 1. The van der Waals surface area contributed by atoms with Crippen molar-refractivity contribution in [2.75, 3.05) is 5.32 Å². The van der Waals surface area contributed by atoms with Crippen LogP contribution in [0.2, 0.25) is 0 Å². The van der Waals surface area contributed by atoms with Crippen LogP contribution in [0.3, 0.4) is 0 Å². The van der Waals surface area contributed by atoms with Crippen molar-refractivity contribution in [3.63, 3.8) is 0 Å². The Morgan fingerprint density at radius 2 is 1.87 bits per heavy atom. The first-order valence-corrected chi connectivity index (χ1v) is 11.1. The van der Waals surface area contributed by atoms with Gasteiger partial charge in [-0.15, -0.1) is 0 Å². The predicted molar refractivity (Wildman–Crippen MR) is 111 cm³/mol. The topological polar surface area (TPSA) is 116 Å². The predicted octanol–water partition coefficient (Wildman–Crippen LogP) is 1.83. The fraction of sp³-hybridized carbons (Fsp3) is 0.565. The van der Waals surface area contributed by atoms with E-state index in [0.717, 1.165) is 36.8 Å². The summed E-state index contributed by atoms with van der Waals surface area (Å²) in [6.45, 7) is 3.88. The molecule has 0 aromatic heterocycles. The van der Waals surface area contributed by atoms with Gasteiger partial charge in [0.15, 0.2) is 0 Å². The second-order valence-corrected chi connectivity index (χ2v) is 9.36. The van der Waals surface area contributed by atoms with Crippen molar-refractivity contribution in [2.45, 2.75) is 70.0 Å². The first-order chi connectivity index (χ1) is 14.8. The highest BCUT2D eigenvalue weighted by atomic mass is 16.4. The second kappa shape index (κ2) is 6.88. The summed E-state index contributed by atoms with van der Waals surface area (Å²) < 4.78 is 0. The first-order valence-electron chi connectivity index (χ1n) is 11.1. The summed E-state index contributed by atoms with van der Waals surface area (Å²) in [5.74, 6) is -3.45. The highest BCUT2D eigenvalue weighted by molar-refractivity contribution is 6.15. The Morgan fingerprint density at radius 1 is 1.16 bits per heavy atom. The largest absolute Gasteiger partial charge is 0.481 e. The number of carboxylic acid groups (broad SMARTS) is 1. The molecular weight excluding hydrogens is 398 g/mol. The smallest absolute Gasteiger partial charge is 0.303 e. The van der Waals surface area contributed by atoms with Crippen LogP contribution in [0, 0.1) is 25.7 Å². The molecule has 8 heteroatoms. The average Bonchev–Trinajstić information content (AvgIpc) is 3.46. The van der Waals surface area contributed by atoms with Crippen molar-refractivity contribution < 1.29 is 24.3 Å². The number of anilines is 1. The molecule has 31 heavy (non-hydrogen) atoms. The zero-order valence-electron chi connectivity index (χ0n) is 17.7. The molecule has 3 fully saturated rings. The van der Waals surface area contributed by atoms with Gasteiger partial charge < -0.3 is 10.4 Å². The second-order valence-electron chi connectivity index (χ2n) is 9.36. The number of carbonyl (C=O) groups excluding carboxylic acids is 3. The van der Waals surface area contributed by atoms with Gasteiger partial charge in [0, 0.05) is 29.8 Å². The van der Waals surface area contributed by atoms with E-state index in [-0.39, 0.29) is 36.6 Å². The Morgan fingerprint density at radius 3 is 2.55 bits per heavy atom. The molecule has 0 bridgehead atoms. The fourth-order valence-electron chi connectivity index (χ4n) is 6.19. The Bertz CT molecular complexity index is 1010. The van der Waals surface area contributed by atoms with Gasteiger partial charge in [0.1, 0.15) is 5.54 Å². The van der Waals surface area contributed by atoms with Crippen LogP contribution >= 0.6 is 0 Å². The number of rotatable bonds is 4. The van der Waals surface area contributed by atoms with E-state index in [1.165, 1.54) is 4.90 Å². The summed E-state index contributed by atoms with van der Waals surface area (Å²) in [5.41, 5.74) is 1.98. The number of nitrogens with zero attached hydrogens (tertiary/aromatic N) is 1. The molecule has 0 radical (unpaired) electrons. The summed E-state index contributed by atoms with van der Waals surface area (Å²) in [4.78, 5) is 53.3. The molecule has 4 atom stereocenters. The van der Waals surface area contributed by atoms with Crippen LogP contribution in [0.15, 0.2) is 12.1 Å². The van der Waals surface area contributed by atoms with Crippen LogP contribution in [0.5, 0.6) is 0 Å². The number of nitrogens with one attached hydrogen (secondary N) is 2. The summed E-state index contributed by atoms with van der Waals surface area (Å²) in [6.07, 6.45) is 3.58. The number of aryl methyl sites for hydroxylation is 1. The van der Waals surface area contributed by atoms with E-state index >= 15 is 0 Å². The summed E-state index contributed by atoms with van der Waals surface area (Å²) in [6, 6.07) is 3.11. The third-order valence-electron chi connectivity index (χ3n) is 7.81. The highest BCUT2D eigenvalue weighted by Crippen LogP contribution is 2.55. The van der Waals surface area contributed by atoms with E-state index in [1.807, 2.05) is 26.0 Å². The fourth-order valence-corrected chi connectivity index (χ4v) is 6.19. The number of hydrogen-bond acceptors (Lipinski definition) is 5. The number of amides is 3. The Kier molecular flexibility index (Phi) is 4.48. The average molecular weight is 425 g/mol. The molecule has 1 saturated carbocycles. The summed E-state index contributed by atoms with van der Waals surface area (Å²) in [5, 5.41) is 15.5. The molecule has 1 aromatic carbocycles. The quantitative estimate of drug-likeness (QED) is 0.634. The van der Waals surface area contributed by atoms with Crippen molar-refractivity contribution in [3.8, 4) is 0 Å². The molecule has 164 valence electrons. The van der Waals surface area contributed by atoms with Gasteiger partial charge in [-0.2, -0.15) is 0 Å². The van der Waals surface area contributed by atoms with Crippen LogP contribution in [-0.2, 0) is 24.7 Å². The van der Waals surface area contributed by atoms with Crippen LogP contribution in [0.25, 0.3) is 0 Å². The van der Waals surface area contributed by atoms with E-state index in [0.29, 0.717) is 11.3 Å². The highest BCUT2D eigenvalue weighted by Gasteiger charge is 2.71. The van der Waals surface area contributed by atoms with Crippen LogP contribution < -0.4 is 10.6 Å². The maximum atomic E-state index is 13.7. The number of benzene rings is 1. The number of aliphatic carboxylic acids is 1. The zero-order valence-corrected chi connectivity index (χ0v) is 17.7. The maximum absolute atomic E-state index is 13.7. The number of fused-ring (bicyclic) bond motifs is 4. The molecule has 3 heterocycles. The molecule has 3 aliphatic heterocycles. The van der Waals surface area contributed by atoms with Crippen LogP contribution in [0.4, 0.5) is 5.69 Å². The lowest BCUT2D eigenvalue weighted by Gasteiger charge is -2.31. The Hall–Kier alpha value is -2.74. The number of likely N-dealkylation sites (tertiary alicyclic amines) is 1. The zero-order chi connectivity index (χ0) is 22.1. The van der Waals surface area contributed by atoms with Crippen molar-refractivity contribution in [1.82, 2.24) is 10.2 Å². The molecule has 0 unspecified atom stereocenters. The maximum Gasteiger partial charge on any atom is 0.303 e. The number of imide groups is 1. The van der Waals surface area contributed by atoms with Gasteiger partial charge in [0.2, 0.25) is 17.7 Å². The minimum atomic E-state index is -1.35. The molecule has 8 nitrogen and oxygen atoms in total. The van der Waals surface area contributed by atoms with Crippen molar-refractivity contribution in [2.24, 2.45) is 11.8 Å². The molecule has 5 rings (SSSR count). The molecular formula is C23H27N3O5. The Balaban J connectivity index is 1.63. The van der Waals surface area contributed by atoms with Gasteiger partial charge in [-0.25, -0.2) is 0 Å². The van der Waals surface area contributed by atoms with Gasteiger partial charge in [0.05, 0.1) is 11.8 Å². The van der Waals surface area contributed by atoms with Crippen molar-refractivity contribution in [3.05, 3.63) is 28.8 Å². The minimum absolute atomic E-state index is 0.119. The number of carbonyl (C=O) groups is 4. The molecule has 2 saturated heterocycles. The van der Waals surface area contributed by atoms with Crippen LogP contribution in [-0.4, -0.2) is 45.8 Å². The molecule has 1 aliphatic carbocycles. The van der Waals surface area contributed by atoms with Crippen LogP contribution in [0.1, 0.15) is 55.2 Å². The lowest BCUT2D eigenvalue weighted by Crippen LogP contribution is -2.54. The lowest BCUT2D eigenvalue weighted by atomic mass is 9.76. The summed E-state index contributed by atoms with van der Waals surface area (Å²) in [7, 11) is 0. The number of hydrogen-bond donors (Lipinski definition) is 3. The van der Waals surface area contributed by atoms with E-state index in [9.17, 15) is 24.3 Å². The molecule has 4 aliphatic rings.